The molecule has 0 saturated heterocycles. The maximum Gasteiger partial charge on any atom is 0.471 e. The molecule has 2 amide bonds. The van der Waals surface area contributed by atoms with E-state index in [1.54, 1.807) is 35.6 Å². The van der Waals surface area contributed by atoms with Crippen LogP contribution >= 0.6 is 0 Å². The Morgan fingerprint density at radius 2 is 1.41 bits per heavy atom. The van der Waals surface area contributed by atoms with E-state index in [1.165, 1.54) is 24.3 Å². The van der Waals surface area contributed by atoms with Gasteiger partial charge in [0.25, 0.3) is 5.91 Å². The Labute approximate surface area is 124 Å². The Bertz CT molecular complexity index is 685. The molecule has 0 aliphatic carbocycles. The van der Waals surface area contributed by atoms with Crippen molar-refractivity contribution in [2.24, 2.45) is 0 Å². The van der Waals surface area contributed by atoms with Gasteiger partial charge in [0.05, 0.1) is 11.3 Å². The summed E-state index contributed by atoms with van der Waals surface area (Å²) in [6.45, 7) is 0. The van der Waals surface area contributed by atoms with Gasteiger partial charge in [-0.15, -0.1) is 0 Å². The van der Waals surface area contributed by atoms with E-state index in [9.17, 15) is 22.8 Å². The average molecular weight is 308 g/mol. The molecule has 0 aromatic heterocycles. The Morgan fingerprint density at radius 3 is 2.05 bits per heavy atom. The molecule has 114 valence electrons. The van der Waals surface area contributed by atoms with Crippen LogP contribution in [0.3, 0.4) is 0 Å². The minimum absolute atomic E-state index is 0.0658. The fourth-order valence-electron chi connectivity index (χ4n) is 1.70. The first kappa shape index (κ1) is 15.6. The summed E-state index contributed by atoms with van der Waals surface area (Å²) < 4.78 is 36.9. The molecule has 7 heteroatoms. The molecule has 2 aromatic carbocycles. The van der Waals surface area contributed by atoms with Crippen molar-refractivity contribution in [2.75, 3.05) is 10.6 Å². The van der Waals surface area contributed by atoms with E-state index < -0.39 is 18.0 Å². The van der Waals surface area contributed by atoms with Gasteiger partial charge in [-0.2, -0.15) is 13.2 Å². The molecular weight excluding hydrogens is 297 g/mol. The fraction of sp³-hybridized carbons (Fsp3) is 0.0667. The molecule has 0 spiro atoms. The van der Waals surface area contributed by atoms with Crippen molar-refractivity contribution in [1.82, 2.24) is 0 Å². The number of amides is 2. The maximum absolute atomic E-state index is 12.3. The first-order valence-corrected chi connectivity index (χ1v) is 6.21. The van der Waals surface area contributed by atoms with E-state index in [0.717, 1.165) is 0 Å². The number of carbonyl (C=O) groups excluding carboxylic acids is 2. The molecule has 0 saturated carbocycles. The van der Waals surface area contributed by atoms with Crippen molar-refractivity contribution < 1.29 is 22.8 Å². The fourth-order valence-corrected chi connectivity index (χ4v) is 1.70. The second-order valence-electron chi connectivity index (χ2n) is 4.32. The topological polar surface area (TPSA) is 58.2 Å². The molecule has 2 aromatic rings. The van der Waals surface area contributed by atoms with Crippen molar-refractivity contribution in [1.29, 1.82) is 0 Å². The number of halogens is 3. The number of carbonyl (C=O) groups is 2. The van der Waals surface area contributed by atoms with E-state index in [-0.39, 0.29) is 11.3 Å². The van der Waals surface area contributed by atoms with E-state index in [1.807, 2.05) is 0 Å². The second kappa shape index (κ2) is 6.30. The van der Waals surface area contributed by atoms with Crippen LogP contribution in [0.1, 0.15) is 10.4 Å². The van der Waals surface area contributed by atoms with E-state index >= 15 is 0 Å². The van der Waals surface area contributed by atoms with Crippen molar-refractivity contribution in [2.45, 2.75) is 6.18 Å². The minimum Gasteiger partial charge on any atom is -0.322 e. The van der Waals surface area contributed by atoms with Gasteiger partial charge in [-0.05, 0) is 24.3 Å². The molecule has 0 unspecified atom stereocenters. The number of para-hydroxylation sites is 2. The zero-order valence-electron chi connectivity index (χ0n) is 11.1. The Kier molecular flexibility index (Phi) is 4.45. The third kappa shape index (κ3) is 3.85. The monoisotopic (exact) mass is 308 g/mol. The molecule has 0 fully saturated rings. The van der Waals surface area contributed by atoms with Crippen LogP contribution in [0, 0.1) is 0 Å². The van der Waals surface area contributed by atoms with Crippen LogP contribution in [-0.4, -0.2) is 18.0 Å². The van der Waals surface area contributed by atoms with Crippen molar-refractivity contribution in [3.8, 4) is 0 Å². The minimum atomic E-state index is -5.02. The lowest BCUT2D eigenvalue weighted by Gasteiger charge is -2.12. The summed E-state index contributed by atoms with van der Waals surface area (Å²) in [7, 11) is 0. The summed E-state index contributed by atoms with van der Waals surface area (Å²) in [6, 6.07) is 13.9. The lowest BCUT2D eigenvalue weighted by atomic mass is 10.1. The van der Waals surface area contributed by atoms with Crippen LogP contribution in [0.5, 0.6) is 0 Å². The highest BCUT2D eigenvalue weighted by atomic mass is 19.4. The molecule has 0 radical (unpaired) electrons. The predicted molar refractivity (Wildman–Crippen MR) is 75.5 cm³/mol. The normalized spacial score (nSPS) is 10.9. The van der Waals surface area contributed by atoms with E-state index in [2.05, 4.69) is 5.32 Å². The molecule has 0 aliphatic rings. The van der Waals surface area contributed by atoms with Gasteiger partial charge in [0.1, 0.15) is 0 Å². The van der Waals surface area contributed by atoms with E-state index in [4.69, 9.17) is 0 Å². The lowest BCUT2D eigenvalue weighted by Crippen LogP contribution is -2.30. The second-order valence-corrected chi connectivity index (χ2v) is 4.32. The number of nitrogens with one attached hydrogen (secondary N) is 2. The smallest absolute Gasteiger partial charge is 0.322 e. The molecule has 4 nitrogen and oxygen atoms in total. The maximum atomic E-state index is 12.3. The first-order chi connectivity index (χ1) is 10.4. The van der Waals surface area contributed by atoms with Gasteiger partial charge >= 0.3 is 12.1 Å². The van der Waals surface area contributed by atoms with Crippen LogP contribution in [-0.2, 0) is 4.79 Å². The lowest BCUT2D eigenvalue weighted by molar-refractivity contribution is -0.167. The van der Waals surface area contributed by atoms with Gasteiger partial charge in [-0.25, -0.2) is 0 Å². The summed E-state index contributed by atoms with van der Waals surface area (Å²) in [5.41, 5.74) is 0.215. The van der Waals surface area contributed by atoms with Gasteiger partial charge in [0.2, 0.25) is 0 Å². The highest BCUT2D eigenvalue weighted by Gasteiger charge is 2.39. The Balaban J connectivity index is 2.21. The van der Waals surface area contributed by atoms with Crippen LogP contribution in [0.4, 0.5) is 24.5 Å². The quantitative estimate of drug-likeness (QED) is 0.912. The highest BCUT2D eigenvalue weighted by Crippen LogP contribution is 2.21. The third-order valence-electron chi connectivity index (χ3n) is 2.71. The zero-order chi connectivity index (χ0) is 16.2. The van der Waals surface area contributed by atoms with Crippen LogP contribution in [0.2, 0.25) is 0 Å². The van der Waals surface area contributed by atoms with Gasteiger partial charge in [0.15, 0.2) is 0 Å². The molecule has 2 rings (SSSR count). The molecule has 22 heavy (non-hydrogen) atoms. The Morgan fingerprint density at radius 1 is 0.818 bits per heavy atom. The zero-order valence-corrected chi connectivity index (χ0v) is 11.1. The predicted octanol–water partition coefficient (Wildman–Crippen LogP) is 3.44. The molecule has 0 bridgehead atoms. The highest BCUT2D eigenvalue weighted by molar-refractivity contribution is 6.10. The Hall–Kier alpha value is -2.83. The number of anilines is 2. The summed E-state index contributed by atoms with van der Waals surface area (Å²) in [4.78, 5) is 23.1. The van der Waals surface area contributed by atoms with Gasteiger partial charge < -0.3 is 10.6 Å². The molecular formula is C15H11F3N2O2. The number of rotatable bonds is 3. The van der Waals surface area contributed by atoms with E-state index in [0.29, 0.717) is 5.69 Å². The van der Waals surface area contributed by atoms with Crippen molar-refractivity contribution in [3.63, 3.8) is 0 Å². The molecule has 0 aliphatic heterocycles. The van der Waals surface area contributed by atoms with Crippen LogP contribution in [0.25, 0.3) is 0 Å². The third-order valence-corrected chi connectivity index (χ3v) is 2.71. The number of alkyl halides is 3. The van der Waals surface area contributed by atoms with Gasteiger partial charge in [-0.3, -0.25) is 9.59 Å². The standard InChI is InChI=1S/C15H11F3N2O2/c16-15(17,18)14(22)20-12-9-5-4-8-11(12)13(21)19-10-6-2-1-3-7-10/h1-9H,(H,19,21)(H,20,22). The summed E-state index contributed by atoms with van der Waals surface area (Å²) >= 11 is 0. The number of hydrogen-bond donors (Lipinski definition) is 2. The largest absolute Gasteiger partial charge is 0.471 e. The summed E-state index contributed by atoms with van der Waals surface area (Å²) in [5, 5.41) is 4.23. The number of benzene rings is 2. The summed E-state index contributed by atoms with van der Waals surface area (Å²) in [5.74, 6) is -2.75. The van der Waals surface area contributed by atoms with Gasteiger partial charge in [-0.1, -0.05) is 30.3 Å². The first-order valence-electron chi connectivity index (χ1n) is 6.21. The summed E-state index contributed by atoms with van der Waals surface area (Å²) in [6.07, 6.45) is -5.02. The number of hydrogen-bond acceptors (Lipinski definition) is 2. The SMILES string of the molecule is O=C(Nc1ccccc1)c1ccccc1NC(=O)C(F)(F)F. The molecule has 0 atom stereocenters. The van der Waals surface area contributed by atoms with Crippen LogP contribution < -0.4 is 10.6 Å². The van der Waals surface area contributed by atoms with Crippen molar-refractivity contribution in [3.05, 3.63) is 60.2 Å². The average Bonchev–Trinajstić information content (AvgIpc) is 2.47. The van der Waals surface area contributed by atoms with Crippen molar-refractivity contribution >= 4 is 23.2 Å². The molecule has 2 N–H and O–H groups in total. The molecule has 0 heterocycles. The van der Waals surface area contributed by atoms with Crippen LogP contribution in [0.15, 0.2) is 54.6 Å². The van der Waals surface area contributed by atoms with Gasteiger partial charge in [0, 0.05) is 5.69 Å².